The van der Waals surface area contributed by atoms with Crippen LogP contribution in [0.2, 0.25) is 0 Å². The largest absolute Gasteiger partial charge is 0.341 e. The number of piperidine rings is 2. The van der Waals surface area contributed by atoms with E-state index in [1.54, 1.807) is 6.07 Å². The van der Waals surface area contributed by atoms with E-state index in [2.05, 4.69) is 29.1 Å². The average Bonchev–Trinajstić information content (AvgIpc) is 2.68. The number of carbonyl (C=O) groups is 1. The van der Waals surface area contributed by atoms with Gasteiger partial charge in [0.05, 0.1) is 18.0 Å². The predicted octanol–water partition coefficient (Wildman–Crippen LogP) is 1.93. The number of amides is 1. The van der Waals surface area contributed by atoms with Gasteiger partial charge in [0, 0.05) is 26.2 Å². The lowest BCUT2D eigenvalue weighted by molar-refractivity contribution is -0.135. The molecule has 7 heteroatoms. The van der Waals surface area contributed by atoms with Gasteiger partial charge in [0.1, 0.15) is 5.52 Å². The van der Waals surface area contributed by atoms with Crippen LogP contribution in [0.1, 0.15) is 39.2 Å². The van der Waals surface area contributed by atoms with Gasteiger partial charge in [0.2, 0.25) is 5.91 Å². The van der Waals surface area contributed by atoms with Gasteiger partial charge < -0.3 is 4.90 Å². The minimum atomic E-state index is -0.0728. The summed E-state index contributed by atoms with van der Waals surface area (Å²) in [5, 5.41) is 8.98. The highest BCUT2D eigenvalue weighted by molar-refractivity contribution is 5.78. The molecule has 2 aliphatic heterocycles. The number of aromatic nitrogens is 3. The molecule has 1 amide bonds. The summed E-state index contributed by atoms with van der Waals surface area (Å²) in [5.41, 5.74) is 0.563. The molecule has 2 unspecified atom stereocenters. The van der Waals surface area contributed by atoms with Crippen molar-refractivity contribution in [2.75, 3.05) is 32.7 Å². The second-order valence-corrected chi connectivity index (χ2v) is 8.61. The summed E-state index contributed by atoms with van der Waals surface area (Å²) in [4.78, 5) is 29.7. The number of fused-ring (bicyclic) bond motifs is 1. The van der Waals surface area contributed by atoms with E-state index in [0.717, 1.165) is 39.0 Å². The minimum Gasteiger partial charge on any atom is -0.341 e. The molecule has 1 aromatic carbocycles. The van der Waals surface area contributed by atoms with Crippen LogP contribution in [-0.2, 0) is 4.79 Å². The molecule has 2 atom stereocenters. The van der Waals surface area contributed by atoms with Gasteiger partial charge in [0.15, 0.2) is 0 Å². The van der Waals surface area contributed by atoms with Gasteiger partial charge in [-0.05, 0) is 43.2 Å². The Balaban J connectivity index is 1.37. The van der Waals surface area contributed by atoms with Crippen molar-refractivity contribution < 1.29 is 4.79 Å². The van der Waals surface area contributed by atoms with Crippen molar-refractivity contribution in [2.45, 2.75) is 39.2 Å². The first-order valence-electron chi connectivity index (χ1n) is 10.4. The quantitative estimate of drug-likeness (QED) is 0.810. The zero-order valence-corrected chi connectivity index (χ0v) is 16.8. The Morgan fingerprint density at radius 1 is 1.11 bits per heavy atom. The van der Waals surface area contributed by atoms with Crippen LogP contribution in [-0.4, -0.2) is 63.4 Å². The van der Waals surface area contributed by atoms with E-state index >= 15 is 0 Å². The zero-order chi connectivity index (χ0) is 19.7. The second kappa shape index (κ2) is 7.99. The lowest BCUT2D eigenvalue weighted by atomic mass is 9.92. The lowest BCUT2D eigenvalue weighted by Crippen LogP contribution is -2.48. The van der Waals surface area contributed by atoms with Crippen LogP contribution in [0.25, 0.3) is 10.9 Å². The maximum atomic E-state index is 12.7. The molecule has 4 rings (SSSR count). The minimum absolute atomic E-state index is 0.0472. The topological polar surface area (TPSA) is 71.3 Å². The van der Waals surface area contributed by atoms with Crippen LogP contribution in [0.15, 0.2) is 29.1 Å². The van der Waals surface area contributed by atoms with Gasteiger partial charge in [0.25, 0.3) is 5.56 Å². The highest BCUT2D eigenvalue weighted by Gasteiger charge is 2.28. The first-order chi connectivity index (χ1) is 13.5. The van der Waals surface area contributed by atoms with Gasteiger partial charge in [-0.15, -0.1) is 5.10 Å². The van der Waals surface area contributed by atoms with Crippen molar-refractivity contribution in [2.24, 2.45) is 11.8 Å². The van der Waals surface area contributed by atoms with Crippen LogP contribution < -0.4 is 5.56 Å². The van der Waals surface area contributed by atoms with Gasteiger partial charge in [-0.1, -0.05) is 31.2 Å². The molecular formula is C21H29N5O2. The zero-order valence-electron chi connectivity index (χ0n) is 16.8. The van der Waals surface area contributed by atoms with Crippen molar-refractivity contribution in [3.8, 4) is 0 Å². The molecule has 0 spiro atoms. The van der Waals surface area contributed by atoms with E-state index in [9.17, 15) is 9.59 Å². The molecule has 2 fully saturated rings. The summed E-state index contributed by atoms with van der Waals surface area (Å²) in [5.74, 6) is 1.40. The van der Waals surface area contributed by atoms with Gasteiger partial charge in [-0.25, -0.2) is 4.68 Å². The Kier molecular flexibility index (Phi) is 5.44. The number of likely N-dealkylation sites (tertiary alicyclic amines) is 2. The summed E-state index contributed by atoms with van der Waals surface area (Å²) in [7, 11) is 0. The Hall–Kier alpha value is -2.28. The molecule has 0 aliphatic carbocycles. The van der Waals surface area contributed by atoms with Crippen LogP contribution >= 0.6 is 0 Å². The van der Waals surface area contributed by atoms with E-state index in [0.29, 0.717) is 29.3 Å². The van der Waals surface area contributed by atoms with E-state index in [1.807, 2.05) is 23.1 Å². The number of hydrogen-bond acceptors (Lipinski definition) is 5. The molecule has 0 N–H and O–H groups in total. The lowest BCUT2D eigenvalue weighted by Gasteiger charge is -2.37. The Labute approximate surface area is 165 Å². The Morgan fingerprint density at radius 3 is 2.50 bits per heavy atom. The molecule has 1 aromatic heterocycles. The summed E-state index contributed by atoms with van der Waals surface area (Å²) in [6.45, 7) is 8.29. The highest BCUT2D eigenvalue weighted by Crippen LogP contribution is 2.23. The fraction of sp³-hybridized carbons (Fsp3) is 0.619. The molecule has 150 valence electrons. The fourth-order valence-corrected chi connectivity index (χ4v) is 4.72. The van der Waals surface area contributed by atoms with Crippen LogP contribution in [0.4, 0.5) is 0 Å². The molecule has 2 aromatic rings. The predicted molar refractivity (Wildman–Crippen MR) is 108 cm³/mol. The summed E-state index contributed by atoms with van der Waals surface area (Å²) in [6, 6.07) is 7.37. The van der Waals surface area contributed by atoms with E-state index < -0.39 is 0 Å². The number of nitrogens with zero attached hydrogens (tertiary/aromatic N) is 5. The molecule has 3 heterocycles. The highest BCUT2D eigenvalue weighted by atomic mass is 16.2. The second-order valence-electron chi connectivity index (χ2n) is 8.61. The molecule has 0 radical (unpaired) electrons. The van der Waals surface area contributed by atoms with Crippen molar-refractivity contribution in [1.29, 1.82) is 0 Å². The van der Waals surface area contributed by atoms with Crippen LogP contribution in [0.3, 0.4) is 0 Å². The van der Waals surface area contributed by atoms with Crippen molar-refractivity contribution in [3.05, 3.63) is 34.6 Å². The standard InChI is InChI=1S/C21H29N5O2/c1-15-11-16(2)13-25(12-15)20(27)14-24-9-7-17(8-10-24)26-21(28)18-5-3-4-6-19(18)22-23-26/h3-6,15-17H,7-14H2,1-2H3. The van der Waals surface area contributed by atoms with Crippen molar-refractivity contribution >= 4 is 16.8 Å². The third-order valence-electron chi connectivity index (χ3n) is 6.07. The number of rotatable bonds is 3. The third kappa shape index (κ3) is 3.94. The monoisotopic (exact) mass is 383 g/mol. The van der Waals surface area contributed by atoms with Crippen molar-refractivity contribution in [3.63, 3.8) is 0 Å². The van der Waals surface area contributed by atoms with Gasteiger partial charge in [-0.2, -0.15) is 0 Å². The SMILES string of the molecule is CC1CC(C)CN(C(=O)CN2CCC(n3nnc4ccccc4c3=O)CC2)C1. The Morgan fingerprint density at radius 2 is 1.79 bits per heavy atom. The third-order valence-corrected chi connectivity index (χ3v) is 6.07. The van der Waals surface area contributed by atoms with Crippen molar-refractivity contribution in [1.82, 2.24) is 24.8 Å². The molecule has 0 saturated carbocycles. The average molecular weight is 383 g/mol. The van der Waals surface area contributed by atoms with Crippen LogP contribution in [0, 0.1) is 11.8 Å². The maximum Gasteiger partial charge on any atom is 0.277 e. The smallest absolute Gasteiger partial charge is 0.277 e. The molecular weight excluding hydrogens is 354 g/mol. The van der Waals surface area contributed by atoms with Crippen LogP contribution in [0.5, 0.6) is 0 Å². The summed E-state index contributed by atoms with van der Waals surface area (Å²) >= 11 is 0. The summed E-state index contributed by atoms with van der Waals surface area (Å²) in [6.07, 6.45) is 2.83. The molecule has 2 aliphatic rings. The van der Waals surface area contributed by atoms with E-state index in [1.165, 1.54) is 11.1 Å². The van der Waals surface area contributed by atoms with Gasteiger partial charge >= 0.3 is 0 Å². The molecule has 7 nitrogen and oxygen atoms in total. The Bertz CT molecular complexity index is 893. The maximum absolute atomic E-state index is 12.7. The molecule has 2 saturated heterocycles. The normalized spacial score (nSPS) is 24.6. The first kappa shape index (κ1) is 19.1. The van der Waals surface area contributed by atoms with E-state index in [4.69, 9.17) is 0 Å². The number of carbonyl (C=O) groups excluding carboxylic acids is 1. The summed E-state index contributed by atoms with van der Waals surface area (Å²) < 4.78 is 1.54. The molecule has 28 heavy (non-hydrogen) atoms. The van der Waals surface area contributed by atoms with E-state index in [-0.39, 0.29) is 17.5 Å². The number of hydrogen-bond donors (Lipinski definition) is 0. The van der Waals surface area contributed by atoms with Gasteiger partial charge in [-0.3, -0.25) is 14.5 Å². The molecule has 0 bridgehead atoms. The first-order valence-corrected chi connectivity index (χ1v) is 10.4. The fourth-order valence-electron chi connectivity index (χ4n) is 4.72. The number of benzene rings is 1.